The Morgan fingerprint density at radius 2 is 1.68 bits per heavy atom. The van der Waals surface area contributed by atoms with Crippen LogP contribution in [-0.2, 0) is 16.1 Å². The van der Waals surface area contributed by atoms with Gasteiger partial charge in [0.15, 0.2) is 0 Å². The molecule has 0 atom stereocenters. The highest BCUT2D eigenvalue weighted by Crippen LogP contribution is 2.42. The molecule has 2 aliphatic heterocycles. The fourth-order valence-corrected chi connectivity index (χ4v) is 5.10. The maximum absolute atomic E-state index is 12.9. The zero-order valence-electron chi connectivity index (χ0n) is 20.3. The van der Waals surface area contributed by atoms with Gasteiger partial charge in [-0.05, 0) is 30.2 Å². The van der Waals surface area contributed by atoms with E-state index in [1.807, 2.05) is 42.5 Å². The van der Waals surface area contributed by atoms with E-state index in [4.69, 9.17) is 4.74 Å². The molecule has 0 bridgehead atoms. The number of rotatable bonds is 7. The molecule has 3 aromatic rings. The molecule has 2 heterocycles. The van der Waals surface area contributed by atoms with Gasteiger partial charge in [-0.1, -0.05) is 42.5 Å². The van der Waals surface area contributed by atoms with Gasteiger partial charge >= 0.3 is 12.1 Å². The normalized spacial score (nSPS) is 16.4. The largest absolute Gasteiger partial charge is 0.460 e. The van der Waals surface area contributed by atoms with Crippen LogP contribution in [0.15, 0.2) is 60.7 Å². The molecule has 194 valence electrons. The summed E-state index contributed by atoms with van der Waals surface area (Å²) >= 11 is 0. The average molecular weight is 512 g/mol. The van der Waals surface area contributed by atoms with E-state index >= 15 is 0 Å². The predicted octanol–water partition coefficient (Wildman–Crippen LogP) is 5.01. The van der Waals surface area contributed by atoms with Crippen molar-refractivity contribution in [1.82, 2.24) is 4.90 Å². The van der Waals surface area contributed by atoms with Crippen LogP contribution in [0.1, 0.15) is 28.8 Å². The van der Waals surface area contributed by atoms with E-state index in [0.29, 0.717) is 29.7 Å². The van der Waals surface area contributed by atoms with Crippen LogP contribution in [0.2, 0.25) is 0 Å². The molecule has 0 spiro atoms. The third-order valence-corrected chi connectivity index (χ3v) is 6.91. The van der Waals surface area contributed by atoms with Gasteiger partial charge in [-0.25, -0.2) is 0 Å². The fraction of sp³-hybridized carbons (Fsp3) is 0.357. The number of carbonyl (C=O) groups excluding carboxylic acids is 2. The molecule has 37 heavy (non-hydrogen) atoms. The minimum absolute atomic E-state index is 0.215. The first kappa shape index (κ1) is 25.1. The van der Waals surface area contributed by atoms with Gasteiger partial charge in [-0.3, -0.25) is 14.5 Å². The summed E-state index contributed by atoms with van der Waals surface area (Å²) in [6, 6.07) is 18.6. The number of nitrogens with zero attached hydrogens (tertiary/aromatic N) is 3. The van der Waals surface area contributed by atoms with E-state index in [-0.39, 0.29) is 19.1 Å². The van der Waals surface area contributed by atoms with Gasteiger partial charge in [-0.15, -0.1) is 0 Å². The summed E-state index contributed by atoms with van der Waals surface area (Å²) in [6.07, 6.45) is -4.54. The minimum atomic E-state index is -4.33. The highest BCUT2D eigenvalue weighted by Gasteiger charge is 2.35. The van der Waals surface area contributed by atoms with Crippen LogP contribution in [0.25, 0.3) is 10.8 Å². The number of ether oxygens (including phenoxy) is 1. The molecular formula is C28H28F3N3O3. The van der Waals surface area contributed by atoms with E-state index < -0.39 is 25.0 Å². The summed E-state index contributed by atoms with van der Waals surface area (Å²) in [7, 11) is 0. The molecular weight excluding hydrogens is 483 g/mol. The van der Waals surface area contributed by atoms with Crippen molar-refractivity contribution in [2.24, 2.45) is 0 Å². The van der Waals surface area contributed by atoms with Gasteiger partial charge in [0.05, 0.1) is 18.7 Å². The Balaban J connectivity index is 1.27. The average Bonchev–Trinajstić information content (AvgIpc) is 3.01. The van der Waals surface area contributed by atoms with Crippen LogP contribution < -0.4 is 9.80 Å². The van der Waals surface area contributed by atoms with Crippen molar-refractivity contribution < 1.29 is 27.5 Å². The third-order valence-electron chi connectivity index (χ3n) is 6.91. The molecule has 0 aromatic heterocycles. The number of alkyl halides is 3. The molecule has 9 heteroatoms. The number of halogens is 3. The first-order valence-electron chi connectivity index (χ1n) is 12.4. The van der Waals surface area contributed by atoms with Gasteiger partial charge in [0.1, 0.15) is 6.61 Å². The molecule has 2 aliphatic rings. The van der Waals surface area contributed by atoms with E-state index in [9.17, 15) is 22.8 Å². The topological polar surface area (TPSA) is 53.1 Å². The van der Waals surface area contributed by atoms with Crippen LogP contribution in [0.5, 0.6) is 0 Å². The van der Waals surface area contributed by atoms with E-state index in [0.717, 1.165) is 36.1 Å². The first-order valence-corrected chi connectivity index (χ1v) is 12.4. The van der Waals surface area contributed by atoms with Gasteiger partial charge in [0.25, 0.3) is 5.91 Å². The lowest BCUT2D eigenvalue weighted by molar-refractivity contribution is -0.146. The van der Waals surface area contributed by atoms with E-state index in [2.05, 4.69) is 9.80 Å². The van der Waals surface area contributed by atoms with E-state index in [1.165, 1.54) is 4.90 Å². The van der Waals surface area contributed by atoms with Crippen LogP contribution in [0, 0.1) is 0 Å². The Morgan fingerprint density at radius 3 is 2.46 bits per heavy atom. The van der Waals surface area contributed by atoms with Crippen molar-refractivity contribution in [2.75, 3.05) is 49.1 Å². The summed E-state index contributed by atoms with van der Waals surface area (Å²) in [5, 5.41) is 1.56. The smallest absolute Gasteiger partial charge is 0.390 e. The van der Waals surface area contributed by atoms with Crippen molar-refractivity contribution in [3.63, 3.8) is 0 Å². The maximum atomic E-state index is 12.9. The predicted molar refractivity (Wildman–Crippen MR) is 136 cm³/mol. The summed E-state index contributed by atoms with van der Waals surface area (Å²) in [5.41, 5.74) is 2.86. The first-order chi connectivity index (χ1) is 17.8. The summed E-state index contributed by atoms with van der Waals surface area (Å²) < 4.78 is 44.0. The number of amides is 1. The lowest BCUT2D eigenvalue weighted by Crippen LogP contribution is -2.35. The van der Waals surface area contributed by atoms with Crippen LogP contribution in [-0.4, -0.2) is 62.2 Å². The Kier molecular flexibility index (Phi) is 7.06. The number of benzene rings is 3. The second-order valence-corrected chi connectivity index (χ2v) is 9.42. The molecule has 0 N–H and O–H groups in total. The van der Waals surface area contributed by atoms with Crippen LogP contribution in [0.3, 0.4) is 0 Å². The molecule has 0 saturated carbocycles. The Labute approximate surface area is 213 Å². The zero-order valence-corrected chi connectivity index (χ0v) is 20.3. The number of carbonyl (C=O) groups is 2. The van der Waals surface area contributed by atoms with Gasteiger partial charge in [-0.2, -0.15) is 13.2 Å². The minimum Gasteiger partial charge on any atom is -0.460 e. The maximum Gasteiger partial charge on any atom is 0.390 e. The van der Waals surface area contributed by atoms with E-state index in [1.54, 1.807) is 18.2 Å². The number of anilines is 2. The van der Waals surface area contributed by atoms with Crippen LogP contribution >= 0.6 is 0 Å². The second-order valence-electron chi connectivity index (χ2n) is 9.42. The summed E-state index contributed by atoms with van der Waals surface area (Å²) in [6.45, 7) is 2.93. The Hall–Kier alpha value is -3.59. The van der Waals surface area contributed by atoms with Crippen LogP contribution in [0.4, 0.5) is 24.5 Å². The molecule has 0 aliphatic carbocycles. The molecule has 0 unspecified atom stereocenters. The highest BCUT2D eigenvalue weighted by molar-refractivity contribution is 6.26. The number of esters is 1. The quantitative estimate of drug-likeness (QED) is 0.418. The zero-order chi connectivity index (χ0) is 26.0. The lowest BCUT2D eigenvalue weighted by atomic mass is 10.0. The highest BCUT2D eigenvalue weighted by atomic mass is 19.4. The molecule has 1 amide bonds. The number of hydrogen-bond acceptors (Lipinski definition) is 5. The molecule has 1 saturated heterocycles. The van der Waals surface area contributed by atoms with Crippen molar-refractivity contribution >= 4 is 34.0 Å². The van der Waals surface area contributed by atoms with Crippen molar-refractivity contribution in [3.8, 4) is 0 Å². The number of hydrogen-bond donors (Lipinski definition) is 0. The van der Waals surface area contributed by atoms with Gasteiger partial charge in [0, 0.05) is 54.7 Å². The summed E-state index contributed by atoms with van der Waals surface area (Å²) in [4.78, 5) is 30.9. The molecule has 1 fully saturated rings. The standard InChI is InChI=1S/C28H28F3N3O3/c29-28(30,31)12-15-34-24-11-10-23(21-8-4-9-22(26(21)24)27(34)36)33-14-5-13-32(16-17-33)18-25(35)37-19-20-6-2-1-3-7-20/h1-4,6-11H,5,12-19H2. The van der Waals surface area contributed by atoms with Crippen molar-refractivity contribution in [1.29, 1.82) is 0 Å². The third kappa shape index (κ3) is 5.56. The fourth-order valence-electron chi connectivity index (χ4n) is 5.10. The SMILES string of the molecule is O=C(CN1CCCN(c2ccc3c4c(cccc24)C(=O)N3CCC(F)(F)F)CC1)OCc1ccccc1. The monoisotopic (exact) mass is 511 g/mol. The molecule has 3 aromatic carbocycles. The Morgan fingerprint density at radius 1 is 0.892 bits per heavy atom. The van der Waals surface area contributed by atoms with Crippen molar-refractivity contribution in [2.45, 2.75) is 25.6 Å². The molecule has 5 rings (SSSR count). The molecule has 0 radical (unpaired) electrons. The Bertz CT molecular complexity index is 1300. The second kappa shape index (κ2) is 10.4. The van der Waals surface area contributed by atoms with Gasteiger partial charge < -0.3 is 14.5 Å². The summed E-state index contributed by atoms with van der Waals surface area (Å²) in [5.74, 6) is -0.654. The van der Waals surface area contributed by atoms with Crippen molar-refractivity contribution in [3.05, 3.63) is 71.8 Å². The van der Waals surface area contributed by atoms with Gasteiger partial charge in [0.2, 0.25) is 0 Å². The molecule has 6 nitrogen and oxygen atoms in total. The lowest BCUT2D eigenvalue weighted by Gasteiger charge is -2.26.